The standard InChI is InChI=1S/C50H42N4/c1-29-9-17-43(33(5)21-29)53(44-18-10-30(2)22-34(44)6)49-39(27-51)25-37-13-14-38-26-40(28-52)50(42-16-15-41(49)47(37)48(38)42)54(45-19-11-31(3)23-35(45)7)46-20-12-32(4)24-36(46)8/h9-26H,1-8H3. The Kier molecular flexibility index (Phi) is 8.36. The summed E-state index contributed by atoms with van der Waals surface area (Å²) in [6, 6.07) is 43.9. The average Bonchev–Trinajstić information content (AvgIpc) is 3.14. The van der Waals surface area contributed by atoms with Gasteiger partial charge in [-0.25, -0.2) is 0 Å². The number of nitriles is 2. The van der Waals surface area contributed by atoms with Crippen molar-refractivity contribution in [2.75, 3.05) is 9.80 Å². The Hall–Kier alpha value is -6.62. The van der Waals surface area contributed by atoms with E-state index in [2.05, 4.69) is 174 Å². The molecule has 0 aliphatic carbocycles. The molecule has 0 saturated heterocycles. The van der Waals surface area contributed by atoms with Crippen LogP contribution in [0.25, 0.3) is 32.3 Å². The van der Waals surface area contributed by atoms with Gasteiger partial charge in [0.25, 0.3) is 0 Å². The Morgan fingerprint density at radius 3 is 0.926 bits per heavy atom. The number of anilines is 6. The molecule has 262 valence electrons. The first-order valence-electron chi connectivity index (χ1n) is 18.5. The van der Waals surface area contributed by atoms with Crippen LogP contribution in [-0.2, 0) is 0 Å². The molecule has 0 heterocycles. The Balaban J connectivity index is 1.52. The van der Waals surface area contributed by atoms with Crippen LogP contribution in [0.2, 0.25) is 0 Å². The first-order chi connectivity index (χ1) is 26.0. The van der Waals surface area contributed by atoms with Crippen molar-refractivity contribution in [1.82, 2.24) is 0 Å². The molecule has 0 aliphatic rings. The summed E-state index contributed by atoms with van der Waals surface area (Å²) in [6.07, 6.45) is 0. The summed E-state index contributed by atoms with van der Waals surface area (Å²) in [5.74, 6) is 0. The highest BCUT2D eigenvalue weighted by atomic mass is 15.2. The molecule has 0 saturated carbocycles. The third-order valence-corrected chi connectivity index (χ3v) is 10.9. The van der Waals surface area contributed by atoms with Gasteiger partial charge < -0.3 is 9.80 Å². The van der Waals surface area contributed by atoms with Crippen molar-refractivity contribution in [2.24, 2.45) is 0 Å². The fourth-order valence-corrected chi connectivity index (χ4v) is 8.54. The molecule has 8 aromatic rings. The van der Waals surface area contributed by atoms with Gasteiger partial charge in [0.05, 0.1) is 22.5 Å². The van der Waals surface area contributed by atoms with Crippen LogP contribution >= 0.6 is 0 Å². The molecule has 8 rings (SSSR count). The maximum absolute atomic E-state index is 10.9. The fourth-order valence-electron chi connectivity index (χ4n) is 8.54. The maximum atomic E-state index is 10.9. The molecule has 8 aromatic carbocycles. The highest BCUT2D eigenvalue weighted by Crippen LogP contribution is 2.51. The number of nitrogens with zero attached hydrogens (tertiary/aromatic N) is 4. The molecule has 54 heavy (non-hydrogen) atoms. The van der Waals surface area contributed by atoms with Gasteiger partial charge in [0, 0.05) is 33.5 Å². The van der Waals surface area contributed by atoms with Crippen LogP contribution in [0.3, 0.4) is 0 Å². The van der Waals surface area contributed by atoms with Crippen LogP contribution in [0.15, 0.2) is 109 Å². The molecule has 0 N–H and O–H groups in total. The Morgan fingerprint density at radius 2 is 0.667 bits per heavy atom. The molecule has 0 unspecified atom stereocenters. The van der Waals surface area contributed by atoms with E-state index >= 15 is 0 Å². The van der Waals surface area contributed by atoms with Crippen molar-refractivity contribution in [3.63, 3.8) is 0 Å². The van der Waals surface area contributed by atoms with Gasteiger partial charge in [-0.1, -0.05) is 95.1 Å². The predicted octanol–water partition coefficient (Wildman–Crippen LogP) is 13.7. The summed E-state index contributed by atoms with van der Waals surface area (Å²) in [5, 5.41) is 27.9. The van der Waals surface area contributed by atoms with Gasteiger partial charge >= 0.3 is 0 Å². The van der Waals surface area contributed by atoms with Gasteiger partial charge in [0.1, 0.15) is 12.1 Å². The summed E-state index contributed by atoms with van der Waals surface area (Å²) < 4.78 is 0. The lowest BCUT2D eigenvalue weighted by Gasteiger charge is -2.32. The zero-order valence-corrected chi connectivity index (χ0v) is 32.2. The second-order valence-electron chi connectivity index (χ2n) is 15.0. The van der Waals surface area contributed by atoms with Gasteiger partial charge in [-0.15, -0.1) is 0 Å². The van der Waals surface area contributed by atoms with E-state index < -0.39 is 0 Å². The molecule has 4 nitrogen and oxygen atoms in total. The molecule has 4 heteroatoms. The highest BCUT2D eigenvalue weighted by Gasteiger charge is 2.28. The molecular weight excluding hydrogens is 657 g/mol. The SMILES string of the molecule is Cc1ccc(N(c2ccc(C)cc2C)c2c(C#N)cc3ccc4cc(C#N)c(N(c5ccc(C)cc5C)c5ccc(C)cc5C)c5ccc2c3c45)c(C)c1. The van der Waals surface area contributed by atoms with Crippen molar-refractivity contribution in [2.45, 2.75) is 55.4 Å². The summed E-state index contributed by atoms with van der Waals surface area (Å²) in [6.45, 7) is 17.0. The van der Waals surface area contributed by atoms with E-state index in [0.717, 1.165) is 88.7 Å². The van der Waals surface area contributed by atoms with Gasteiger partial charge in [-0.2, -0.15) is 10.5 Å². The number of rotatable bonds is 6. The smallest absolute Gasteiger partial charge is 0.101 e. The normalized spacial score (nSPS) is 11.3. The minimum absolute atomic E-state index is 0.603. The monoisotopic (exact) mass is 698 g/mol. The molecule has 0 radical (unpaired) electrons. The third-order valence-electron chi connectivity index (χ3n) is 10.9. The quantitative estimate of drug-likeness (QED) is 0.162. The number of aryl methyl sites for hydroxylation is 8. The minimum Gasteiger partial charge on any atom is -0.308 e. The molecule has 0 atom stereocenters. The van der Waals surface area contributed by atoms with Crippen LogP contribution in [0.4, 0.5) is 34.1 Å². The van der Waals surface area contributed by atoms with E-state index in [9.17, 15) is 10.5 Å². The van der Waals surface area contributed by atoms with E-state index in [-0.39, 0.29) is 0 Å². The molecule has 0 spiro atoms. The molecule has 0 aliphatic heterocycles. The zero-order valence-electron chi connectivity index (χ0n) is 32.2. The summed E-state index contributed by atoms with van der Waals surface area (Å²) in [5.41, 5.74) is 16.3. The zero-order chi connectivity index (χ0) is 38.0. The second-order valence-corrected chi connectivity index (χ2v) is 15.0. The maximum Gasteiger partial charge on any atom is 0.101 e. The molecule has 0 amide bonds. The van der Waals surface area contributed by atoms with Crippen molar-refractivity contribution >= 4 is 66.4 Å². The molecular formula is C50H42N4. The van der Waals surface area contributed by atoms with Crippen LogP contribution in [0.5, 0.6) is 0 Å². The molecule has 0 aromatic heterocycles. The first-order valence-corrected chi connectivity index (χ1v) is 18.5. The lowest BCUT2D eigenvalue weighted by Crippen LogP contribution is -2.16. The van der Waals surface area contributed by atoms with E-state index in [0.29, 0.717) is 11.1 Å². The van der Waals surface area contributed by atoms with Crippen molar-refractivity contribution in [1.29, 1.82) is 10.5 Å². The van der Waals surface area contributed by atoms with E-state index in [4.69, 9.17) is 0 Å². The lowest BCUT2D eigenvalue weighted by molar-refractivity contribution is 1.21. The molecule has 0 bridgehead atoms. The number of benzene rings is 8. The minimum atomic E-state index is 0.603. The largest absolute Gasteiger partial charge is 0.308 e. The van der Waals surface area contributed by atoms with Crippen LogP contribution in [-0.4, -0.2) is 0 Å². The van der Waals surface area contributed by atoms with Crippen molar-refractivity contribution < 1.29 is 0 Å². The van der Waals surface area contributed by atoms with Crippen LogP contribution < -0.4 is 9.80 Å². The molecule has 0 fully saturated rings. The van der Waals surface area contributed by atoms with Crippen LogP contribution in [0.1, 0.15) is 55.6 Å². The number of hydrogen-bond donors (Lipinski definition) is 0. The van der Waals surface area contributed by atoms with E-state index in [1.807, 2.05) is 12.1 Å². The van der Waals surface area contributed by atoms with Gasteiger partial charge in [0.2, 0.25) is 0 Å². The predicted molar refractivity (Wildman–Crippen MR) is 227 cm³/mol. The first kappa shape index (κ1) is 34.5. The summed E-state index contributed by atoms with van der Waals surface area (Å²) >= 11 is 0. The fraction of sp³-hybridized carbons (Fsp3) is 0.160. The average molecular weight is 699 g/mol. The van der Waals surface area contributed by atoms with Gasteiger partial charge in [-0.05, 0) is 136 Å². The topological polar surface area (TPSA) is 54.1 Å². The van der Waals surface area contributed by atoms with Crippen molar-refractivity contribution in [3.05, 3.63) is 165 Å². The Morgan fingerprint density at radius 1 is 0.370 bits per heavy atom. The van der Waals surface area contributed by atoms with Gasteiger partial charge in [-0.3, -0.25) is 0 Å². The number of hydrogen-bond acceptors (Lipinski definition) is 4. The lowest BCUT2D eigenvalue weighted by atomic mass is 9.88. The van der Waals surface area contributed by atoms with E-state index in [1.165, 1.54) is 22.3 Å². The highest BCUT2D eigenvalue weighted by molar-refractivity contribution is 6.29. The van der Waals surface area contributed by atoms with E-state index in [1.54, 1.807) is 0 Å². The second kappa shape index (κ2) is 13.1. The Labute approximate surface area is 318 Å². The van der Waals surface area contributed by atoms with Gasteiger partial charge in [0.15, 0.2) is 0 Å². The van der Waals surface area contributed by atoms with Crippen LogP contribution in [0, 0.1) is 78.1 Å². The Bertz CT molecular complexity index is 2600. The van der Waals surface area contributed by atoms with Crippen molar-refractivity contribution in [3.8, 4) is 12.1 Å². The summed E-state index contributed by atoms with van der Waals surface area (Å²) in [4.78, 5) is 4.57. The third kappa shape index (κ3) is 5.51. The summed E-state index contributed by atoms with van der Waals surface area (Å²) in [7, 11) is 0.